The van der Waals surface area contributed by atoms with E-state index < -0.39 is 0 Å². The Morgan fingerprint density at radius 3 is 2.82 bits per heavy atom. The van der Waals surface area contributed by atoms with Crippen molar-refractivity contribution in [2.45, 2.75) is 39.5 Å². The van der Waals surface area contributed by atoms with Gasteiger partial charge in [-0.25, -0.2) is 15.0 Å². The van der Waals surface area contributed by atoms with E-state index in [1.54, 1.807) is 0 Å². The Kier molecular flexibility index (Phi) is 5.22. The van der Waals surface area contributed by atoms with E-state index >= 15 is 0 Å². The van der Waals surface area contributed by atoms with E-state index in [1.165, 1.54) is 16.9 Å². The zero-order chi connectivity index (χ0) is 19.7. The molecule has 0 radical (unpaired) electrons. The van der Waals surface area contributed by atoms with E-state index in [-0.39, 0.29) is 11.8 Å². The lowest BCUT2D eigenvalue weighted by Gasteiger charge is -2.33. The molecule has 28 heavy (non-hydrogen) atoms. The number of piperidine rings is 1. The van der Waals surface area contributed by atoms with Crippen LogP contribution >= 0.6 is 11.3 Å². The summed E-state index contributed by atoms with van der Waals surface area (Å²) in [6.07, 6.45) is 3.92. The van der Waals surface area contributed by atoms with Gasteiger partial charge in [-0.1, -0.05) is 29.8 Å². The Labute approximate surface area is 169 Å². The fourth-order valence-corrected chi connectivity index (χ4v) is 4.43. The van der Waals surface area contributed by atoms with Crippen molar-refractivity contribution in [3.63, 3.8) is 0 Å². The van der Waals surface area contributed by atoms with Crippen LogP contribution in [-0.4, -0.2) is 38.8 Å². The van der Waals surface area contributed by atoms with Crippen LogP contribution in [0.4, 0.5) is 0 Å². The second kappa shape index (κ2) is 7.80. The number of amides is 1. The lowest BCUT2D eigenvalue weighted by atomic mass is 9.89. The van der Waals surface area contributed by atoms with Gasteiger partial charge < -0.3 is 4.90 Å². The molecule has 0 saturated carbocycles. The second-order valence-electron chi connectivity index (χ2n) is 7.43. The molecule has 0 aliphatic carbocycles. The number of aryl methyl sites for hydroxylation is 3. The maximum absolute atomic E-state index is 12.9. The van der Waals surface area contributed by atoms with Crippen LogP contribution in [0.5, 0.6) is 0 Å². The Hall–Kier alpha value is -2.60. The third-order valence-electron chi connectivity index (χ3n) is 5.20. The molecule has 1 fully saturated rings. The third kappa shape index (κ3) is 3.83. The number of carbonyl (C=O) groups is 1. The Morgan fingerprint density at radius 2 is 2.07 bits per heavy atom. The van der Waals surface area contributed by atoms with Gasteiger partial charge in [-0.2, -0.15) is 0 Å². The summed E-state index contributed by atoms with van der Waals surface area (Å²) in [5.74, 6) is 0.997. The largest absolute Gasteiger partial charge is 0.337 e. The number of likely N-dealkylation sites (tertiary alicyclic amines) is 1. The molecule has 3 heterocycles. The number of aromatic nitrogens is 3. The molecule has 1 aliphatic heterocycles. The molecule has 0 spiro atoms. The van der Waals surface area contributed by atoms with Crippen molar-refractivity contribution in [2.24, 2.45) is 0 Å². The highest BCUT2D eigenvalue weighted by atomic mass is 32.1. The van der Waals surface area contributed by atoms with Crippen molar-refractivity contribution in [2.75, 3.05) is 13.1 Å². The molecular weight excluding hydrogens is 368 g/mol. The Morgan fingerprint density at radius 1 is 1.21 bits per heavy atom. The van der Waals surface area contributed by atoms with Crippen molar-refractivity contribution in [3.05, 3.63) is 63.6 Å². The monoisotopic (exact) mass is 392 g/mol. The van der Waals surface area contributed by atoms with Gasteiger partial charge in [-0.3, -0.25) is 4.79 Å². The minimum absolute atomic E-state index is 0.0249. The summed E-state index contributed by atoms with van der Waals surface area (Å²) in [7, 11) is 0. The molecule has 5 nitrogen and oxygen atoms in total. The zero-order valence-electron chi connectivity index (χ0n) is 16.5. The summed E-state index contributed by atoms with van der Waals surface area (Å²) in [5, 5.41) is 2.78. The van der Waals surface area contributed by atoms with Crippen LogP contribution in [0.2, 0.25) is 0 Å². The van der Waals surface area contributed by atoms with E-state index in [0.717, 1.165) is 47.0 Å². The van der Waals surface area contributed by atoms with Crippen LogP contribution in [0.25, 0.3) is 11.1 Å². The van der Waals surface area contributed by atoms with E-state index in [1.807, 2.05) is 30.3 Å². The molecule has 1 aliphatic rings. The second-order valence-corrected chi connectivity index (χ2v) is 8.49. The molecule has 1 unspecified atom stereocenters. The predicted octanol–water partition coefficient (Wildman–Crippen LogP) is 4.55. The molecule has 4 rings (SSSR count). The molecular formula is C22H24N4OS. The average molecular weight is 393 g/mol. The number of thiazole rings is 1. The van der Waals surface area contributed by atoms with Gasteiger partial charge in [0, 0.05) is 36.1 Å². The van der Waals surface area contributed by atoms with Crippen LogP contribution in [0.15, 0.2) is 35.8 Å². The first-order valence-corrected chi connectivity index (χ1v) is 10.5. The number of hydrogen-bond donors (Lipinski definition) is 0. The van der Waals surface area contributed by atoms with E-state index in [4.69, 9.17) is 4.98 Å². The molecule has 0 bridgehead atoms. The number of carbonyl (C=O) groups excluding carboxylic acids is 1. The number of benzene rings is 1. The first-order chi connectivity index (χ1) is 13.5. The van der Waals surface area contributed by atoms with Gasteiger partial charge in [-0.15, -0.1) is 11.3 Å². The van der Waals surface area contributed by atoms with Gasteiger partial charge in [0.25, 0.3) is 5.91 Å². The number of hydrogen-bond acceptors (Lipinski definition) is 5. The van der Waals surface area contributed by atoms with Crippen LogP contribution in [0, 0.1) is 20.8 Å². The van der Waals surface area contributed by atoms with Gasteiger partial charge in [0.05, 0.1) is 10.7 Å². The van der Waals surface area contributed by atoms with Crippen molar-refractivity contribution in [3.8, 4) is 11.1 Å². The lowest BCUT2D eigenvalue weighted by Crippen LogP contribution is -2.39. The SMILES string of the molecule is Cc1cccc(-c2cnc(C)nc2C2CCCN(C(=O)c3csc(C)n3)C2)c1. The highest BCUT2D eigenvalue weighted by Gasteiger charge is 2.29. The number of rotatable bonds is 3. The predicted molar refractivity (Wildman–Crippen MR) is 112 cm³/mol. The summed E-state index contributed by atoms with van der Waals surface area (Å²) >= 11 is 1.52. The molecule has 1 atom stereocenters. The van der Waals surface area contributed by atoms with Crippen molar-refractivity contribution < 1.29 is 4.79 Å². The van der Waals surface area contributed by atoms with Crippen LogP contribution < -0.4 is 0 Å². The fraction of sp³-hybridized carbons (Fsp3) is 0.364. The van der Waals surface area contributed by atoms with Gasteiger partial charge in [-0.05, 0) is 39.2 Å². The summed E-state index contributed by atoms with van der Waals surface area (Å²) < 4.78 is 0. The first kappa shape index (κ1) is 18.7. The lowest BCUT2D eigenvalue weighted by molar-refractivity contribution is 0.0700. The van der Waals surface area contributed by atoms with Crippen LogP contribution in [0.3, 0.4) is 0 Å². The first-order valence-electron chi connectivity index (χ1n) is 9.63. The molecule has 1 amide bonds. The molecule has 1 aromatic carbocycles. The van der Waals surface area contributed by atoms with Gasteiger partial charge in [0.15, 0.2) is 0 Å². The van der Waals surface area contributed by atoms with E-state index in [2.05, 4.69) is 41.2 Å². The van der Waals surface area contributed by atoms with E-state index in [9.17, 15) is 4.79 Å². The third-order valence-corrected chi connectivity index (χ3v) is 5.97. The molecule has 144 valence electrons. The minimum Gasteiger partial charge on any atom is -0.337 e. The summed E-state index contributed by atoms with van der Waals surface area (Å²) in [4.78, 5) is 28.5. The van der Waals surface area contributed by atoms with Gasteiger partial charge >= 0.3 is 0 Å². The summed E-state index contributed by atoms with van der Waals surface area (Å²) in [6, 6.07) is 8.43. The van der Waals surface area contributed by atoms with Gasteiger partial charge in [0.2, 0.25) is 0 Å². The van der Waals surface area contributed by atoms with Crippen LogP contribution in [0.1, 0.15) is 51.3 Å². The van der Waals surface area contributed by atoms with Crippen molar-refractivity contribution in [1.29, 1.82) is 0 Å². The van der Waals surface area contributed by atoms with Gasteiger partial charge in [0.1, 0.15) is 11.5 Å². The topological polar surface area (TPSA) is 59.0 Å². The minimum atomic E-state index is 0.0249. The maximum atomic E-state index is 12.9. The summed E-state index contributed by atoms with van der Waals surface area (Å²) in [6.45, 7) is 7.39. The highest BCUT2D eigenvalue weighted by Crippen LogP contribution is 2.33. The fourth-order valence-electron chi connectivity index (χ4n) is 3.84. The van der Waals surface area contributed by atoms with E-state index in [0.29, 0.717) is 12.2 Å². The Balaban J connectivity index is 1.65. The standard InChI is InChI=1S/C22H24N4OS/c1-14-6-4-7-17(10-14)19-11-23-15(2)24-21(19)18-8-5-9-26(12-18)22(27)20-13-28-16(3)25-20/h4,6-7,10-11,13,18H,5,8-9,12H2,1-3H3. The average Bonchev–Trinajstić information content (AvgIpc) is 3.14. The Bertz CT molecular complexity index is 1010. The molecule has 2 aromatic heterocycles. The molecule has 1 saturated heterocycles. The smallest absolute Gasteiger partial charge is 0.273 e. The maximum Gasteiger partial charge on any atom is 0.273 e. The highest BCUT2D eigenvalue weighted by molar-refractivity contribution is 7.09. The zero-order valence-corrected chi connectivity index (χ0v) is 17.3. The van der Waals surface area contributed by atoms with Crippen molar-refractivity contribution >= 4 is 17.2 Å². The quantitative estimate of drug-likeness (QED) is 0.656. The normalized spacial score (nSPS) is 17.0. The number of nitrogens with zero attached hydrogens (tertiary/aromatic N) is 4. The molecule has 6 heteroatoms. The molecule has 0 N–H and O–H groups in total. The van der Waals surface area contributed by atoms with Crippen LogP contribution in [-0.2, 0) is 0 Å². The summed E-state index contributed by atoms with van der Waals surface area (Å²) in [5.41, 5.74) is 5.01. The molecule has 3 aromatic rings. The van der Waals surface area contributed by atoms with Crippen molar-refractivity contribution in [1.82, 2.24) is 19.9 Å².